The van der Waals surface area contributed by atoms with Crippen molar-refractivity contribution in [1.29, 1.82) is 0 Å². The van der Waals surface area contributed by atoms with Gasteiger partial charge in [0, 0.05) is 5.69 Å². The number of aromatic amines is 1. The summed E-state index contributed by atoms with van der Waals surface area (Å²) in [5.41, 5.74) is 1.52. The van der Waals surface area contributed by atoms with Gasteiger partial charge in [0.15, 0.2) is 0 Å². The number of hydrogen-bond acceptors (Lipinski definition) is 2. The highest BCUT2D eigenvalue weighted by Crippen LogP contribution is 2.19. The van der Waals surface area contributed by atoms with Crippen molar-refractivity contribution in [2.45, 2.75) is 6.92 Å². The second-order valence-corrected chi connectivity index (χ2v) is 3.92. The molecule has 2 rings (SSSR count). The second-order valence-electron chi connectivity index (χ2n) is 3.51. The van der Waals surface area contributed by atoms with E-state index in [0.717, 1.165) is 5.56 Å². The van der Waals surface area contributed by atoms with Crippen LogP contribution in [0.5, 0.6) is 0 Å². The fourth-order valence-electron chi connectivity index (χ4n) is 1.34. The molecule has 6 heteroatoms. The first-order valence-electron chi connectivity index (χ1n) is 4.84. The molecule has 0 aliphatic rings. The molecule has 0 fully saturated rings. The van der Waals surface area contributed by atoms with Crippen LogP contribution >= 0.6 is 11.6 Å². The molecule has 1 aromatic heterocycles. The number of aryl methyl sites for hydroxylation is 1. The van der Waals surface area contributed by atoms with Crippen molar-refractivity contribution in [2.24, 2.45) is 0 Å². The van der Waals surface area contributed by atoms with Crippen molar-refractivity contribution < 1.29 is 9.18 Å². The third kappa shape index (κ3) is 2.45. The number of carbonyl (C=O) groups is 1. The van der Waals surface area contributed by atoms with Crippen LogP contribution in [0.3, 0.4) is 0 Å². The molecule has 0 aliphatic carbocycles. The van der Waals surface area contributed by atoms with Gasteiger partial charge in [-0.25, -0.2) is 4.39 Å². The molecule has 1 aromatic carbocycles. The SMILES string of the molecule is Cc1cn[nH]c1C(=O)Nc1ccc(F)c(Cl)c1. The normalized spacial score (nSPS) is 10.3. The Morgan fingerprint density at radius 1 is 1.53 bits per heavy atom. The van der Waals surface area contributed by atoms with Crippen LogP contribution in [0.15, 0.2) is 24.4 Å². The Labute approximate surface area is 102 Å². The fraction of sp³-hybridized carbons (Fsp3) is 0.0909. The number of nitrogens with one attached hydrogen (secondary N) is 2. The first-order valence-corrected chi connectivity index (χ1v) is 5.22. The lowest BCUT2D eigenvalue weighted by Crippen LogP contribution is -2.13. The molecule has 1 amide bonds. The number of aromatic nitrogens is 2. The number of H-pyrrole nitrogens is 1. The summed E-state index contributed by atoms with van der Waals surface area (Å²) in [4.78, 5) is 11.8. The van der Waals surface area contributed by atoms with Crippen molar-refractivity contribution >= 4 is 23.2 Å². The molecular formula is C11H9ClFN3O. The van der Waals surface area contributed by atoms with E-state index in [0.29, 0.717) is 11.4 Å². The summed E-state index contributed by atoms with van der Waals surface area (Å²) in [6.07, 6.45) is 1.55. The van der Waals surface area contributed by atoms with Gasteiger partial charge in [-0.05, 0) is 30.7 Å². The van der Waals surface area contributed by atoms with E-state index in [9.17, 15) is 9.18 Å². The summed E-state index contributed by atoms with van der Waals surface area (Å²) < 4.78 is 12.9. The maximum atomic E-state index is 12.9. The van der Waals surface area contributed by atoms with Gasteiger partial charge in [0.2, 0.25) is 0 Å². The average molecular weight is 254 g/mol. The average Bonchev–Trinajstić information content (AvgIpc) is 2.70. The molecule has 0 bridgehead atoms. The Kier molecular flexibility index (Phi) is 3.10. The smallest absolute Gasteiger partial charge is 0.273 e. The van der Waals surface area contributed by atoms with Gasteiger partial charge in [0.25, 0.3) is 5.91 Å². The minimum absolute atomic E-state index is 0.0378. The molecular weight excluding hydrogens is 245 g/mol. The summed E-state index contributed by atoms with van der Waals surface area (Å²) in [5.74, 6) is -0.870. The molecule has 0 atom stereocenters. The Morgan fingerprint density at radius 2 is 2.29 bits per heavy atom. The fourth-order valence-corrected chi connectivity index (χ4v) is 1.52. The predicted molar refractivity (Wildman–Crippen MR) is 62.7 cm³/mol. The zero-order valence-corrected chi connectivity index (χ0v) is 9.68. The first-order chi connectivity index (χ1) is 8.08. The molecule has 88 valence electrons. The third-order valence-electron chi connectivity index (χ3n) is 2.23. The highest BCUT2D eigenvalue weighted by Gasteiger charge is 2.11. The van der Waals surface area contributed by atoms with Crippen LogP contribution in [-0.4, -0.2) is 16.1 Å². The lowest BCUT2D eigenvalue weighted by atomic mass is 10.2. The van der Waals surface area contributed by atoms with E-state index < -0.39 is 5.82 Å². The van der Waals surface area contributed by atoms with Gasteiger partial charge in [0.05, 0.1) is 11.2 Å². The van der Waals surface area contributed by atoms with E-state index in [1.165, 1.54) is 18.2 Å². The number of hydrogen-bond donors (Lipinski definition) is 2. The molecule has 2 N–H and O–H groups in total. The summed E-state index contributed by atoms with van der Waals surface area (Å²) in [6.45, 7) is 1.76. The van der Waals surface area contributed by atoms with Gasteiger partial charge in [-0.1, -0.05) is 11.6 Å². The number of nitrogens with zero attached hydrogens (tertiary/aromatic N) is 1. The highest BCUT2D eigenvalue weighted by atomic mass is 35.5. The topological polar surface area (TPSA) is 57.8 Å². The second kappa shape index (κ2) is 4.55. The molecule has 4 nitrogen and oxygen atoms in total. The summed E-state index contributed by atoms with van der Waals surface area (Å²) in [6, 6.07) is 3.98. The van der Waals surface area contributed by atoms with Gasteiger partial charge in [0.1, 0.15) is 11.5 Å². The van der Waals surface area contributed by atoms with Crippen LogP contribution in [0, 0.1) is 12.7 Å². The number of benzene rings is 1. The van der Waals surface area contributed by atoms with Crippen LogP contribution in [0.25, 0.3) is 0 Å². The van der Waals surface area contributed by atoms with E-state index in [4.69, 9.17) is 11.6 Å². The van der Waals surface area contributed by atoms with Crippen molar-refractivity contribution in [3.63, 3.8) is 0 Å². The number of rotatable bonds is 2. The van der Waals surface area contributed by atoms with Crippen LogP contribution in [0.2, 0.25) is 5.02 Å². The molecule has 0 aliphatic heterocycles. The van der Waals surface area contributed by atoms with E-state index in [2.05, 4.69) is 15.5 Å². The van der Waals surface area contributed by atoms with Crippen LogP contribution < -0.4 is 5.32 Å². The van der Waals surface area contributed by atoms with Crippen molar-refractivity contribution in [3.05, 3.63) is 46.5 Å². The first kappa shape index (κ1) is 11.6. The van der Waals surface area contributed by atoms with E-state index >= 15 is 0 Å². The molecule has 0 unspecified atom stereocenters. The van der Waals surface area contributed by atoms with Crippen molar-refractivity contribution in [2.75, 3.05) is 5.32 Å². The maximum Gasteiger partial charge on any atom is 0.273 e. The standard InChI is InChI=1S/C11H9ClFN3O/c1-6-5-14-16-10(6)11(17)15-7-2-3-9(13)8(12)4-7/h2-5H,1H3,(H,14,16)(H,15,17). The Bertz CT molecular complexity index is 568. The lowest BCUT2D eigenvalue weighted by molar-refractivity contribution is 0.102. The van der Waals surface area contributed by atoms with E-state index in [-0.39, 0.29) is 10.9 Å². The number of halogens is 2. The zero-order chi connectivity index (χ0) is 12.4. The lowest BCUT2D eigenvalue weighted by Gasteiger charge is -2.05. The van der Waals surface area contributed by atoms with E-state index in [1.807, 2.05) is 0 Å². The maximum absolute atomic E-state index is 12.9. The molecule has 0 spiro atoms. The van der Waals surface area contributed by atoms with Crippen molar-refractivity contribution in [1.82, 2.24) is 10.2 Å². The minimum atomic E-state index is -0.526. The number of carbonyl (C=O) groups excluding carboxylic acids is 1. The number of anilines is 1. The van der Waals surface area contributed by atoms with Gasteiger partial charge >= 0.3 is 0 Å². The zero-order valence-electron chi connectivity index (χ0n) is 8.92. The quantitative estimate of drug-likeness (QED) is 0.865. The van der Waals surface area contributed by atoms with Crippen molar-refractivity contribution in [3.8, 4) is 0 Å². The largest absolute Gasteiger partial charge is 0.321 e. The Hall–Kier alpha value is -1.88. The minimum Gasteiger partial charge on any atom is -0.321 e. The molecule has 0 saturated heterocycles. The Balaban J connectivity index is 2.19. The van der Waals surface area contributed by atoms with Gasteiger partial charge in [-0.2, -0.15) is 5.10 Å². The van der Waals surface area contributed by atoms with Gasteiger partial charge in [-0.3, -0.25) is 9.89 Å². The van der Waals surface area contributed by atoms with Crippen LogP contribution in [0.4, 0.5) is 10.1 Å². The monoisotopic (exact) mass is 253 g/mol. The molecule has 0 saturated carbocycles. The highest BCUT2D eigenvalue weighted by molar-refractivity contribution is 6.31. The predicted octanol–water partition coefficient (Wildman–Crippen LogP) is 2.76. The molecule has 17 heavy (non-hydrogen) atoms. The van der Waals surface area contributed by atoms with Crippen LogP contribution in [0.1, 0.15) is 16.1 Å². The Morgan fingerprint density at radius 3 is 2.88 bits per heavy atom. The third-order valence-corrected chi connectivity index (χ3v) is 2.52. The number of amides is 1. The molecule has 2 aromatic rings. The summed E-state index contributed by atoms with van der Waals surface area (Å²) in [5, 5.41) is 8.88. The molecule has 1 heterocycles. The van der Waals surface area contributed by atoms with Gasteiger partial charge in [-0.15, -0.1) is 0 Å². The van der Waals surface area contributed by atoms with Crippen LogP contribution in [-0.2, 0) is 0 Å². The summed E-state index contributed by atoms with van der Waals surface area (Å²) in [7, 11) is 0. The molecule has 0 radical (unpaired) electrons. The van der Waals surface area contributed by atoms with E-state index in [1.54, 1.807) is 13.1 Å². The van der Waals surface area contributed by atoms with Gasteiger partial charge < -0.3 is 5.32 Å². The summed E-state index contributed by atoms with van der Waals surface area (Å²) >= 11 is 5.61.